The summed E-state index contributed by atoms with van der Waals surface area (Å²) in [7, 11) is 1.88. The normalized spacial score (nSPS) is 19.8. The van der Waals surface area contributed by atoms with Crippen molar-refractivity contribution >= 4 is 5.82 Å². The van der Waals surface area contributed by atoms with Gasteiger partial charge in [-0.05, 0) is 39.7 Å². The molecule has 5 nitrogen and oxygen atoms in total. The molecule has 2 heterocycles. The number of nitrogens with zero attached hydrogens (tertiary/aromatic N) is 4. The zero-order valence-electron chi connectivity index (χ0n) is 12.8. The lowest BCUT2D eigenvalue weighted by molar-refractivity contribution is 0.160. The summed E-state index contributed by atoms with van der Waals surface area (Å²) in [6.45, 7) is 7.45. The summed E-state index contributed by atoms with van der Waals surface area (Å²) in [5, 5.41) is 16.8. The maximum absolute atomic E-state index is 9.16. The van der Waals surface area contributed by atoms with Gasteiger partial charge in [0.15, 0.2) is 0 Å². The number of piperidine rings is 1. The molecule has 1 aromatic rings. The zero-order chi connectivity index (χ0) is 14.5. The Hall–Kier alpha value is -1.54. The molecule has 1 aliphatic rings. The SMILES string of the molecule is Cc1nn(C)c(NCCCN2CCCCC2C)c1C#N. The Labute approximate surface area is 121 Å². The summed E-state index contributed by atoms with van der Waals surface area (Å²) in [5.41, 5.74) is 1.46. The first kappa shape index (κ1) is 14.9. The second-order valence-electron chi connectivity index (χ2n) is 5.71. The minimum absolute atomic E-state index is 0.666. The Morgan fingerprint density at radius 2 is 2.25 bits per heavy atom. The maximum atomic E-state index is 9.16. The lowest BCUT2D eigenvalue weighted by atomic mass is 10.0. The molecule has 1 aliphatic heterocycles. The van der Waals surface area contributed by atoms with Gasteiger partial charge in [-0.1, -0.05) is 6.42 Å². The number of rotatable bonds is 5. The van der Waals surface area contributed by atoms with Crippen LogP contribution in [0.2, 0.25) is 0 Å². The Bertz CT molecular complexity index is 485. The van der Waals surface area contributed by atoms with E-state index in [1.807, 2.05) is 14.0 Å². The van der Waals surface area contributed by atoms with Crippen molar-refractivity contribution in [1.82, 2.24) is 14.7 Å². The predicted molar refractivity (Wildman–Crippen MR) is 80.7 cm³/mol. The Morgan fingerprint density at radius 3 is 2.95 bits per heavy atom. The number of anilines is 1. The molecule has 0 saturated carbocycles. The smallest absolute Gasteiger partial charge is 0.142 e. The second kappa shape index (κ2) is 6.76. The van der Waals surface area contributed by atoms with Gasteiger partial charge in [-0.3, -0.25) is 4.68 Å². The van der Waals surface area contributed by atoms with Crippen molar-refractivity contribution in [3.63, 3.8) is 0 Å². The van der Waals surface area contributed by atoms with Crippen molar-refractivity contribution in [2.24, 2.45) is 7.05 Å². The van der Waals surface area contributed by atoms with E-state index < -0.39 is 0 Å². The van der Waals surface area contributed by atoms with Crippen molar-refractivity contribution in [2.75, 3.05) is 25.0 Å². The average molecular weight is 275 g/mol. The van der Waals surface area contributed by atoms with Gasteiger partial charge in [0, 0.05) is 26.2 Å². The topological polar surface area (TPSA) is 56.9 Å². The van der Waals surface area contributed by atoms with E-state index in [9.17, 15) is 0 Å². The van der Waals surface area contributed by atoms with Crippen LogP contribution in [0.1, 0.15) is 43.9 Å². The van der Waals surface area contributed by atoms with Crippen LogP contribution in [-0.2, 0) is 7.05 Å². The molecule has 2 rings (SSSR count). The fourth-order valence-electron chi connectivity index (χ4n) is 2.97. The second-order valence-corrected chi connectivity index (χ2v) is 5.71. The molecule has 1 fully saturated rings. The maximum Gasteiger partial charge on any atom is 0.142 e. The molecule has 1 unspecified atom stereocenters. The molecule has 0 aromatic carbocycles. The average Bonchev–Trinajstić information content (AvgIpc) is 2.70. The van der Waals surface area contributed by atoms with E-state index in [0.717, 1.165) is 37.1 Å². The summed E-state index contributed by atoms with van der Waals surface area (Å²) < 4.78 is 1.76. The molecular formula is C15H25N5. The van der Waals surface area contributed by atoms with Crippen LogP contribution in [0.3, 0.4) is 0 Å². The summed E-state index contributed by atoms with van der Waals surface area (Å²) in [5.74, 6) is 0.844. The minimum Gasteiger partial charge on any atom is -0.369 e. The fourth-order valence-corrected chi connectivity index (χ4v) is 2.97. The number of aromatic nitrogens is 2. The summed E-state index contributed by atoms with van der Waals surface area (Å²) in [6.07, 6.45) is 5.12. The third-order valence-electron chi connectivity index (χ3n) is 4.19. The van der Waals surface area contributed by atoms with Gasteiger partial charge in [0.2, 0.25) is 0 Å². The first-order valence-corrected chi connectivity index (χ1v) is 7.55. The molecule has 20 heavy (non-hydrogen) atoms. The van der Waals surface area contributed by atoms with Crippen LogP contribution in [0.4, 0.5) is 5.82 Å². The number of nitrogens with one attached hydrogen (secondary N) is 1. The number of aryl methyl sites for hydroxylation is 2. The van der Waals surface area contributed by atoms with Gasteiger partial charge >= 0.3 is 0 Å². The quantitative estimate of drug-likeness (QED) is 0.838. The van der Waals surface area contributed by atoms with Crippen LogP contribution < -0.4 is 5.32 Å². The van der Waals surface area contributed by atoms with Crippen molar-refractivity contribution < 1.29 is 0 Å². The molecule has 0 amide bonds. The van der Waals surface area contributed by atoms with Gasteiger partial charge in [-0.15, -0.1) is 0 Å². The van der Waals surface area contributed by atoms with Crippen LogP contribution in [0.5, 0.6) is 0 Å². The van der Waals surface area contributed by atoms with Crippen LogP contribution in [0.15, 0.2) is 0 Å². The molecule has 1 atom stereocenters. The van der Waals surface area contributed by atoms with Gasteiger partial charge in [0.1, 0.15) is 17.5 Å². The fraction of sp³-hybridized carbons (Fsp3) is 0.733. The van der Waals surface area contributed by atoms with Crippen molar-refractivity contribution in [1.29, 1.82) is 5.26 Å². The predicted octanol–water partition coefficient (Wildman–Crippen LogP) is 2.28. The van der Waals surface area contributed by atoms with E-state index in [2.05, 4.69) is 28.3 Å². The van der Waals surface area contributed by atoms with Gasteiger partial charge in [0.25, 0.3) is 0 Å². The van der Waals surface area contributed by atoms with E-state index >= 15 is 0 Å². The first-order chi connectivity index (χ1) is 9.63. The van der Waals surface area contributed by atoms with E-state index in [-0.39, 0.29) is 0 Å². The van der Waals surface area contributed by atoms with Crippen LogP contribution in [0, 0.1) is 18.3 Å². The number of hydrogen-bond acceptors (Lipinski definition) is 4. The number of hydrogen-bond donors (Lipinski definition) is 1. The third-order valence-corrected chi connectivity index (χ3v) is 4.19. The Kier molecular flexibility index (Phi) is 5.02. The Balaban J connectivity index is 1.80. The zero-order valence-corrected chi connectivity index (χ0v) is 12.8. The third kappa shape index (κ3) is 3.31. The highest BCUT2D eigenvalue weighted by molar-refractivity contribution is 5.54. The van der Waals surface area contributed by atoms with E-state index in [0.29, 0.717) is 5.56 Å². The molecule has 1 N–H and O–H groups in total. The van der Waals surface area contributed by atoms with Gasteiger partial charge in [-0.2, -0.15) is 10.4 Å². The van der Waals surface area contributed by atoms with Gasteiger partial charge < -0.3 is 10.2 Å². The monoisotopic (exact) mass is 275 g/mol. The molecule has 5 heteroatoms. The molecule has 0 spiro atoms. The molecule has 110 valence electrons. The molecular weight excluding hydrogens is 250 g/mol. The summed E-state index contributed by atoms with van der Waals surface area (Å²) >= 11 is 0. The highest BCUT2D eigenvalue weighted by atomic mass is 15.3. The molecule has 0 bridgehead atoms. The molecule has 0 radical (unpaired) electrons. The summed E-state index contributed by atoms with van der Waals surface area (Å²) in [6, 6.07) is 2.95. The van der Waals surface area contributed by atoms with Crippen LogP contribution in [-0.4, -0.2) is 40.4 Å². The standard InChI is InChI=1S/C15H25N5/c1-12-7-4-5-9-20(12)10-6-8-17-15-14(11-16)13(2)18-19(15)3/h12,17H,4-10H2,1-3H3. The Morgan fingerprint density at radius 1 is 1.45 bits per heavy atom. The number of likely N-dealkylation sites (tertiary alicyclic amines) is 1. The van der Waals surface area contributed by atoms with E-state index in [1.165, 1.54) is 25.8 Å². The van der Waals surface area contributed by atoms with Crippen molar-refractivity contribution in [3.05, 3.63) is 11.3 Å². The van der Waals surface area contributed by atoms with Crippen molar-refractivity contribution in [2.45, 2.75) is 45.6 Å². The summed E-state index contributed by atoms with van der Waals surface area (Å²) in [4.78, 5) is 2.57. The molecule has 1 saturated heterocycles. The van der Waals surface area contributed by atoms with Crippen LogP contribution >= 0.6 is 0 Å². The minimum atomic E-state index is 0.666. The lowest BCUT2D eigenvalue weighted by Crippen LogP contribution is -2.38. The van der Waals surface area contributed by atoms with Crippen LogP contribution in [0.25, 0.3) is 0 Å². The largest absolute Gasteiger partial charge is 0.369 e. The van der Waals surface area contributed by atoms with E-state index in [1.54, 1.807) is 4.68 Å². The van der Waals surface area contributed by atoms with Crippen molar-refractivity contribution in [3.8, 4) is 6.07 Å². The molecule has 0 aliphatic carbocycles. The molecule has 1 aromatic heterocycles. The van der Waals surface area contributed by atoms with Gasteiger partial charge in [-0.25, -0.2) is 0 Å². The highest BCUT2D eigenvalue weighted by Gasteiger charge is 2.17. The van der Waals surface area contributed by atoms with E-state index in [4.69, 9.17) is 5.26 Å². The highest BCUT2D eigenvalue weighted by Crippen LogP contribution is 2.18. The first-order valence-electron chi connectivity index (χ1n) is 7.55. The lowest BCUT2D eigenvalue weighted by Gasteiger charge is -2.33. The number of nitriles is 1. The van der Waals surface area contributed by atoms with Gasteiger partial charge in [0.05, 0.1) is 5.69 Å².